The Kier molecular flexibility index (Phi) is 5.81. The molecule has 172 valence electrons. The number of nitrogens with one attached hydrogen (secondary N) is 1. The number of carbonyl (C=O) groups is 1. The molecular weight excluding hydrogens is 416 g/mol. The lowest BCUT2D eigenvalue weighted by Crippen LogP contribution is -3.14. The van der Waals surface area contributed by atoms with Crippen LogP contribution in [0.1, 0.15) is 50.8 Å². The van der Waals surface area contributed by atoms with E-state index in [9.17, 15) is 9.59 Å². The summed E-state index contributed by atoms with van der Waals surface area (Å²) in [7, 11) is 0. The van der Waals surface area contributed by atoms with E-state index in [1.807, 2.05) is 62.1 Å². The Labute approximate surface area is 193 Å². The topological polar surface area (TPSA) is 64.2 Å². The molecule has 2 aromatic carbocycles. The van der Waals surface area contributed by atoms with E-state index in [0.29, 0.717) is 23.1 Å². The molecule has 2 aliphatic heterocycles. The maximum Gasteiger partial charge on any atom is 0.290 e. The summed E-state index contributed by atoms with van der Waals surface area (Å²) < 4.78 is 11.6. The summed E-state index contributed by atoms with van der Waals surface area (Å²) in [6.07, 6.45) is 0.864. The number of aryl methyl sites for hydroxylation is 3. The first-order valence-electron chi connectivity index (χ1n) is 11.8. The molecule has 1 fully saturated rings. The molecule has 0 spiro atoms. The number of hydrogen-bond acceptors (Lipinski definition) is 4. The average Bonchev–Trinajstić information content (AvgIpc) is 3.09. The summed E-state index contributed by atoms with van der Waals surface area (Å²) in [6, 6.07) is 11.4. The molecule has 3 aromatic rings. The summed E-state index contributed by atoms with van der Waals surface area (Å²) in [4.78, 5) is 30.6. The number of hydrogen-bond donors (Lipinski definition) is 1. The van der Waals surface area contributed by atoms with Gasteiger partial charge in [0.15, 0.2) is 5.43 Å². The quantitative estimate of drug-likeness (QED) is 0.653. The van der Waals surface area contributed by atoms with E-state index < -0.39 is 6.04 Å². The maximum atomic E-state index is 13.7. The molecule has 3 heterocycles. The van der Waals surface area contributed by atoms with E-state index >= 15 is 0 Å². The predicted molar refractivity (Wildman–Crippen MR) is 127 cm³/mol. The molecule has 1 aromatic heterocycles. The van der Waals surface area contributed by atoms with Crippen molar-refractivity contribution < 1.29 is 18.8 Å². The fraction of sp³-hybridized carbons (Fsp3) is 0.407. The zero-order valence-electron chi connectivity index (χ0n) is 19.6. The summed E-state index contributed by atoms with van der Waals surface area (Å²) in [5.74, 6) is 0.00447. The minimum absolute atomic E-state index is 0.102. The number of ether oxygens (including phenoxy) is 1. The molecular formula is C27H31N2O4+. The normalized spacial score (nSPS) is 18.8. The Morgan fingerprint density at radius 3 is 2.42 bits per heavy atom. The molecule has 1 saturated heterocycles. The van der Waals surface area contributed by atoms with Gasteiger partial charge in [0.25, 0.3) is 5.91 Å². The molecule has 33 heavy (non-hydrogen) atoms. The van der Waals surface area contributed by atoms with Crippen LogP contribution in [0.15, 0.2) is 45.6 Å². The maximum absolute atomic E-state index is 13.7. The first-order valence-corrected chi connectivity index (χ1v) is 11.8. The third kappa shape index (κ3) is 3.98. The minimum Gasteiger partial charge on any atom is -0.450 e. The number of benzene rings is 2. The van der Waals surface area contributed by atoms with E-state index in [4.69, 9.17) is 9.15 Å². The summed E-state index contributed by atoms with van der Waals surface area (Å²) >= 11 is 0. The predicted octanol–water partition coefficient (Wildman–Crippen LogP) is 2.57. The number of quaternary nitrogens is 1. The number of amides is 1. The van der Waals surface area contributed by atoms with Crippen molar-refractivity contribution in [2.45, 2.75) is 33.2 Å². The Balaban J connectivity index is 1.55. The monoisotopic (exact) mass is 447 g/mol. The third-order valence-corrected chi connectivity index (χ3v) is 7.10. The zero-order chi connectivity index (χ0) is 23.1. The lowest BCUT2D eigenvalue weighted by Gasteiger charge is -2.27. The van der Waals surface area contributed by atoms with Gasteiger partial charge in [0, 0.05) is 13.0 Å². The van der Waals surface area contributed by atoms with Crippen LogP contribution in [0.25, 0.3) is 11.0 Å². The van der Waals surface area contributed by atoms with Crippen molar-refractivity contribution in [3.05, 3.63) is 80.2 Å². The highest BCUT2D eigenvalue weighted by molar-refractivity contribution is 5.99. The standard InChI is InChI=1S/C27H30N2O4/c1-17-5-7-20(8-6-17)24-23-25(30)21-15-18(2)19(3)16-22(21)33-26(23)27(31)29(24)10-4-9-28-11-13-32-14-12-28/h5-8,15-16,24H,4,9-14H2,1-3H3/p+1/t24-/m1/s1. The molecule has 1 amide bonds. The molecule has 0 bridgehead atoms. The van der Waals surface area contributed by atoms with Crippen molar-refractivity contribution in [3.63, 3.8) is 0 Å². The summed E-state index contributed by atoms with van der Waals surface area (Å²) in [5, 5.41) is 0.543. The Morgan fingerprint density at radius 1 is 1.00 bits per heavy atom. The second-order valence-corrected chi connectivity index (χ2v) is 9.38. The van der Waals surface area contributed by atoms with Crippen molar-refractivity contribution in [1.29, 1.82) is 0 Å². The Morgan fingerprint density at radius 2 is 1.70 bits per heavy atom. The molecule has 5 rings (SSSR count). The molecule has 0 saturated carbocycles. The van der Waals surface area contributed by atoms with Crippen LogP contribution < -0.4 is 10.3 Å². The number of morpholine rings is 1. The molecule has 6 heteroatoms. The van der Waals surface area contributed by atoms with Crippen LogP contribution >= 0.6 is 0 Å². The van der Waals surface area contributed by atoms with E-state index in [-0.39, 0.29) is 17.1 Å². The van der Waals surface area contributed by atoms with Gasteiger partial charge in [-0.05, 0) is 49.6 Å². The first-order chi connectivity index (χ1) is 15.9. The van der Waals surface area contributed by atoms with Crippen molar-refractivity contribution in [2.24, 2.45) is 0 Å². The van der Waals surface area contributed by atoms with Gasteiger partial charge in [0.2, 0.25) is 5.76 Å². The third-order valence-electron chi connectivity index (χ3n) is 7.10. The highest BCUT2D eigenvalue weighted by Crippen LogP contribution is 2.38. The van der Waals surface area contributed by atoms with Crippen LogP contribution in [0.4, 0.5) is 0 Å². The van der Waals surface area contributed by atoms with Gasteiger partial charge < -0.3 is 19.0 Å². The zero-order valence-corrected chi connectivity index (χ0v) is 19.6. The highest BCUT2D eigenvalue weighted by atomic mass is 16.5. The van der Waals surface area contributed by atoms with Crippen LogP contribution in [-0.2, 0) is 4.74 Å². The largest absolute Gasteiger partial charge is 0.450 e. The highest BCUT2D eigenvalue weighted by Gasteiger charge is 2.42. The lowest BCUT2D eigenvalue weighted by atomic mass is 9.97. The number of carbonyl (C=O) groups excluding carboxylic acids is 1. The van der Waals surface area contributed by atoms with Crippen molar-refractivity contribution in [3.8, 4) is 0 Å². The van der Waals surface area contributed by atoms with Crippen LogP contribution in [0.2, 0.25) is 0 Å². The molecule has 6 nitrogen and oxygen atoms in total. The smallest absolute Gasteiger partial charge is 0.290 e. The van der Waals surface area contributed by atoms with Gasteiger partial charge in [0.1, 0.15) is 18.7 Å². The molecule has 1 N–H and O–H groups in total. The van der Waals surface area contributed by atoms with Crippen LogP contribution in [0, 0.1) is 20.8 Å². The summed E-state index contributed by atoms with van der Waals surface area (Å²) in [6.45, 7) is 11.2. The van der Waals surface area contributed by atoms with Gasteiger partial charge in [-0.25, -0.2) is 0 Å². The van der Waals surface area contributed by atoms with Gasteiger partial charge in [-0.2, -0.15) is 0 Å². The van der Waals surface area contributed by atoms with E-state index in [1.165, 1.54) is 4.90 Å². The SMILES string of the molecule is Cc1ccc([C@@H]2c3c(oc4cc(C)c(C)cc4c3=O)C(=O)N2CCC[NH+]2CCOCC2)cc1. The first kappa shape index (κ1) is 21.9. The minimum atomic E-state index is -0.421. The van der Waals surface area contributed by atoms with E-state index in [2.05, 4.69) is 0 Å². The second kappa shape index (κ2) is 8.76. The molecule has 0 radical (unpaired) electrons. The van der Waals surface area contributed by atoms with Crippen LogP contribution in [0.3, 0.4) is 0 Å². The van der Waals surface area contributed by atoms with Crippen molar-refractivity contribution in [1.82, 2.24) is 4.90 Å². The summed E-state index contributed by atoms with van der Waals surface area (Å²) in [5.41, 5.74) is 5.02. The second-order valence-electron chi connectivity index (χ2n) is 9.38. The van der Waals surface area contributed by atoms with Gasteiger partial charge in [-0.3, -0.25) is 9.59 Å². The Bertz CT molecular complexity index is 1260. The molecule has 0 unspecified atom stereocenters. The molecule has 1 atom stereocenters. The van der Waals surface area contributed by atoms with Gasteiger partial charge in [-0.15, -0.1) is 0 Å². The number of fused-ring (bicyclic) bond motifs is 2. The molecule has 2 aliphatic rings. The van der Waals surface area contributed by atoms with E-state index in [1.54, 1.807) is 0 Å². The molecule has 0 aliphatic carbocycles. The van der Waals surface area contributed by atoms with Crippen molar-refractivity contribution >= 4 is 16.9 Å². The lowest BCUT2D eigenvalue weighted by molar-refractivity contribution is -0.908. The number of rotatable bonds is 5. The van der Waals surface area contributed by atoms with Crippen molar-refractivity contribution in [2.75, 3.05) is 39.4 Å². The average molecular weight is 448 g/mol. The fourth-order valence-corrected chi connectivity index (χ4v) is 5.01. The number of nitrogens with zero attached hydrogens (tertiary/aromatic N) is 1. The van der Waals surface area contributed by atoms with Crippen LogP contribution in [0.5, 0.6) is 0 Å². The Hall–Kier alpha value is -2.96. The van der Waals surface area contributed by atoms with Gasteiger partial charge in [-0.1, -0.05) is 29.8 Å². The van der Waals surface area contributed by atoms with Gasteiger partial charge in [0.05, 0.1) is 36.8 Å². The van der Waals surface area contributed by atoms with Crippen LogP contribution in [-0.4, -0.2) is 50.2 Å². The van der Waals surface area contributed by atoms with Gasteiger partial charge >= 0.3 is 0 Å². The fourth-order valence-electron chi connectivity index (χ4n) is 5.01. The van der Waals surface area contributed by atoms with E-state index in [0.717, 1.165) is 61.5 Å².